The molecule has 1 aromatic heterocycles. The lowest BCUT2D eigenvalue weighted by Crippen LogP contribution is -2.36. The second-order valence-electron chi connectivity index (χ2n) is 4.48. The van der Waals surface area contributed by atoms with Crippen molar-refractivity contribution in [1.29, 1.82) is 0 Å². The van der Waals surface area contributed by atoms with E-state index in [4.69, 9.17) is 5.14 Å². The summed E-state index contributed by atoms with van der Waals surface area (Å²) < 4.78 is 22.2. The van der Waals surface area contributed by atoms with E-state index in [0.29, 0.717) is 6.42 Å². The van der Waals surface area contributed by atoms with E-state index in [-0.39, 0.29) is 17.4 Å². The van der Waals surface area contributed by atoms with Crippen molar-refractivity contribution in [3.63, 3.8) is 0 Å². The minimum absolute atomic E-state index is 0.0109. The van der Waals surface area contributed by atoms with Crippen molar-refractivity contribution in [2.45, 2.75) is 11.3 Å². The Morgan fingerprint density at radius 2 is 1.87 bits per heavy atom. The standard InChI is InChI=1S/C12H14N6O4S/c13-23(21,22)9-3-1-8(2-4-9)5-6-14-10(19)11(20)17-12-15-7-16-18-12/h1-4,7H,5-6H2,(H,14,19)(H2,13,21,22)(H2,15,16,17,18,20). The molecule has 0 unspecified atom stereocenters. The minimum Gasteiger partial charge on any atom is -0.347 e. The Bertz CT molecular complexity index is 785. The third-order valence-corrected chi connectivity index (χ3v) is 3.73. The van der Waals surface area contributed by atoms with Crippen molar-refractivity contribution in [3.8, 4) is 0 Å². The van der Waals surface area contributed by atoms with Crippen LogP contribution in [0.15, 0.2) is 35.5 Å². The molecule has 23 heavy (non-hydrogen) atoms. The van der Waals surface area contributed by atoms with E-state index in [1.807, 2.05) is 0 Å². The van der Waals surface area contributed by atoms with Gasteiger partial charge < -0.3 is 5.32 Å². The molecular weight excluding hydrogens is 324 g/mol. The van der Waals surface area contributed by atoms with Gasteiger partial charge in [-0.3, -0.25) is 14.9 Å². The lowest BCUT2D eigenvalue weighted by molar-refractivity contribution is -0.136. The fourth-order valence-electron chi connectivity index (χ4n) is 1.68. The Labute approximate surface area is 131 Å². The number of hydrogen-bond acceptors (Lipinski definition) is 6. The number of rotatable bonds is 5. The van der Waals surface area contributed by atoms with Crippen molar-refractivity contribution in [2.75, 3.05) is 11.9 Å². The van der Waals surface area contributed by atoms with E-state index in [9.17, 15) is 18.0 Å². The fraction of sp³-hybridized carbons (Fsp3) is 0.167. The number of sulfonamides is 1. The van der Waals surface area contributed by atoms with Crippen LogP contribution in [0, 0.1) is 0 Å². The smallest absolute Gasteiger partial charge is 0.316 e. The molecule has 2 rings (SSSR count). The fourth-order valence-corrected chi connectivity index (χ4v) is 2.19. The van der Waals surface area contributed by atoms with E-state index < -0.39 is 21.8 Å². The van der Waals surface area contributed by atoms with Crippen LogP contribution in [0.3, 0.4) is 0 Å². The number of nitrogens with zero attached hydrogens (tertiary/aromatic N) is 2. The van der Waals surface area contributed by atoms with Crippen LogP contribution < -0.4 is 15.8 Å². The van der Waals surface area contributed by atoms with Gasteiger partial charge in [0.1, 0.15) is 6.33 Å². The monoisotopic (exact) mass is 338 g/mol. The van der Waals surface area contributed by atoms with Gasteiger partial charge in [-0.25, -0.2) is 18.7 Å². The molecule has 11 heteroatoms. The van der Waals surface area contributed by atoms with Crippen LogP contribution in [0.4, 0.5) is 5.95 Å². The highest BCUT2D eigenvalue weighted by Crippen LogP contribution is 2.08. The number of aromatic nitrogens is 3. The molecule has 0 radical (unpaired) electrons. The first-order chi connectivity index (χ1) is 10.9. The minimum atomic E-state index is -3.73. The zero-order valence-corrected chi connectivity index (χ0v) is 12.6. The highest BCUT2D eigenvalue weighted by atomic mass is 32.2. The largest absolute Gasteiger partial charge is 0.347 e. The molecule has 1 aromatic carbocycles. The molecule has 122 valence electrons. The molecule has 0 atom stereocenters. The molecule has 0 saturated carbocycles. The SMILES string of the molecule is NS(=O)(=O)c1ccc(CCNC(=O)C(=O)Nc2ncn[nH]2)cc1. The zero-order valence-electron chi connectivity index (χ0n) is 11.8. The number of aromatic amines is 1. The van der Waals surface area contributed by atoms with Gasteiger partial charge >= 0.3 is 11.8 Å². The summed E-state index contributed by atoms with van der Waals surface area (Å²) in [6.45, 7) is 0.206. The van der Waals surface area contributed by atoms with Gasteiger partial charge in [-0.1, -0.05) is 12.1 Å². The molecule has 0 saturated heterocycles. The maximum absolute atomic E-state index is 11.6. The van der Waals surface area contributed by atoms with Crippen LogP contribution in [-0.4, -0.2) is 42.0 Å². The maximum Gasteiger partial charge on any atom is 0.316 e. The Morgan fingerprint density at radius 3 is 2.43 bits per heavy atom. The van der Waals surface area contributed by atoms with Gasteiger partial charge in [-0.05, 0) is 24.1 Å². The van der Waals surface area contributed by atoms with Gasteiger partial charge in [0.25, 0.3) is 0 Å². The number of amides is 2. The maximum atomic E-state index is 11.6. The first-order valence-corrected chi connectivity index (χ1v) is 7.97. The summed E-state index contributed by atoms with van der Waals surface area (Å²) in [5.74, 6) is -1.61. The molecule has 2 amide bonds. The van der Waals surface area contributed by atoms with Gasteiger partial charge in [0.05, 0.1) is 4.90 Å². The predicted molar refractivity (Wildman–Crippen MR) is 79.5 cm³/mol. The van der Waals surface area contributed by atoms with Crippen molar-refractivity contribution >= 4 is 27.8 Å². The van der Waals surface area contributed by atoms with E-state index >= 15 is 0 Å². The van der Waals surface area contributed by atoms with Crippen LogP contribution in [0.25, 0.3) is 0 Å². The highest BCUT2D eigenvalue weighted by Gasteiger charge is 2.14. The van der Waals surface area contributed by atoms with Crippen molar-refractivity contribution < 1.29 is 18.0 Å². The quantitative estimate of drug-likeness (QED) is 0.498. The summed E-state index contributed by atoms with van der Waals surface area (Å²) in [6.07, 6.45) is 1.62. The molecule has 10 nitrogen and oxygen atoms in total. The number of primary sulfonamides is 1. The molecule has 0 fully saturated rings. The van der Waals surface area contributed by atoms with E-state index in [1.54, 1.807) is 12.1 Å². The van der Waals surface area contributed by atoms with Crippen molar-refractivity contribution in [3.05, 3.63) is 36.2 Å². The second-order valence-corrected chi connectivity index (χ2v) is 6.04. The Balaban J connectivity index is 1.80. The molecule has 5 N–H and O–H groups in total. The summed E-state index contributed by atoms with van der Waals surface area (Å²) in [5.41, 5.74) is 0.786. The van der Waals surface area contributed by atoms with Crippen LogP contribution in [0.2, 0.25) is 0 Å². The third kappa shape index (κ3) is 4.86. The van der Waals surface area contributed by atoms with Gasteiger partial charge in [-0.15, -0.1) is 0 Å². The topological polar surface area (TPSA) is 160 Å². The lowest BCUT2D eigenvalue weighted by atomic mass is 10.1. The molecule has 0 aliphatic rings. The van der Waals surface area contributed by atoms with E-state index in [0.717, 1.165) is 5.56 Å². The number of benzene rings is 1. The molecule has 2 aromatic rings. The molecule has 0 aliphatic carbocycles. The summed E-state index contributed by atoms with van der Waals surface area (Å²) in [5, 5.41) is 15.6. The summed E-state index contributed by atoms with van der Waals surface area (Å²) in [4.78, 5) is 26.7. The summed E-state index contributed by atoms with van der Waals surface area (Å²) >= 11 is 0. The number of nitrogens with two attached hydrogens (primary N) is 1. The van der Waals surface area contributed by atoms with Crippen LogP contribution >= 0.6 is 0 Å². The number of nitrogens with one attached hydrogen (secondary N) is 3. The van der Waals surface area contributed by atoms with E-state index in [1.165, 1.54) is 18.5 Å². The summed E-state index contributed by atoms with van der Waals surface area (Å²) in [7, 11) is -3.73. The lowest BCUT2D eigenvalue weighted by Gasteiger charge is -2.05. The molecule has 0 spiro atoms. The first-order valence-electron chi connectivity index (χ1n) is 6.42. The Kier molecular flexibility index (Phi) is 5.03. The molecular formula is C12H14N6O4S. The second kappa shape index (κ2) is 6.98. The van der Waals surface area contributed by atoms with Crippen molar-refractivity contribution in [2.24, 2.45) is 5.14 Å². The Morgan fingerprint density at radius 1 is 1.17 bits per heavy atom. The number of anilines is 1. The van der Waals surface area contributed by atoms with Gasteiger partial charge in [0.2, 0.25) is 16.0 Å². The first kappa shape index (κ1) is 16.6. The molecule has 0 aliphatic heterocycles. The normalized spacial score (nSPS) is 11.0. The zero-order chi connectivity index (χ0) is 16.9. The predicted octanol–water partition coefficient (Wildman–Crippen LogP) is -1.25. The number of hydrogen-bond donors (Lipinski definition) is 4. The average Bonchev–Trinajstić information content (AvgIpc) is 2.99. The molecule has 0 bridgehead atoms. The van der Waals surface area contributed by atoms with Gasteiger partial charge in [0.15, 0.2) is 0 Å². The van der Waals surface area contributed by atoms with Crippen LogP contribution in [0.1, 0.15) is 5.56 Å². The van der Waals surface area contributed by atoms with Crippen LogP contribution in [-0.2, 0) is 26.0 Å². The Hall–Kier alpha value is -2.79. The average molecular weight is 338 g/mol. The number of carbonyl (C=O) groups excluding carboxylic acids is 2. The third-order valence-electron chi connectivity index (χ3n) is 2.80. The molecule has 1 heterocycles. The van der Waals surface area contributed by atoms with Crippen LogP contribution in [0.5, 0.6) is 0 Å². The van der Waals surface area contributed by atoms with Crippen molar-refractivity contribution in [1.82, 2.24) is 20.5 Å². The number of H-pyrrole nitrogens is 1. The van der Waals surface area contributed by atoms with Gasteiger partial charge in [-0.2, -0.15) is 10.1 Å². The number of carbonyl (C=O) groups is 2. The van der Waals surface area contributed by atoms with Gasteiger partial charge in [0, 0.05) is 6.54 Å². The van der Waals surface area contributed by atoms with E-state index in [2.05, 4.69) is 25.8 Å². The highest BCUT2D eigenvalue weighted by molar-refractivity contribution is 7.89. The summed E-state index contributed by atoms with van der Waals surface area (Å²) in [6, 6.07) is 5.92.